The van der Waals surface area contributed by atoms with E-state index in [0.717, 1.165) is 29.7 Å². The Hall–Kier alpha value is -1.87. The molecule has 1 atom stereocenters. The maximum absolute atomic E-state index is 12.6. The van der Waals surface area contributed by atoms with E-state index in [1.807, 2.05) is 37.3 Å². The van der Waals surface area contributed by atoms with Crippen molar-refractivity contribution in [2.24, 2.45) is 0 Å². The molecule has 21 heavy (non-hydrogen) atoms. The van der Waals surface area contributed by atoms with Gasteiger partial charge in [-0.15, -0.1) is 0 Å². The predicted octanol–water partition coefficient (Wildman–Crippen LogP) is 4.57. The van der Waals surface area contributed by atoms with Crippen molar-refractivity contribution in [2.75, 3.05) is 5.32 Å². The fraction of sp³-hybridized carbons (Fsp3) is 0.294. The van der Waals surface area contributed by atoms with Gasteiger partial charge in [0, 0.05) is 11.2 Å². The molecule has 0 unspecified atom stereocenters. The van der Waals surface area contributed by atoms with Gasteiger partial charge in [-0.1, -0.05) is 37.1 Å². The molecule has 4 heteroatoms. The highest BCUT2D eigenvalue weighted by Crippen LogP contribution is 2.26. The van der Waals surface area contributed by atoms with E-state index in [0.29, 0.717) is 5.02 Å². The van der Waals surface area contributed by atoms with E-state index in [9.17, 15) is 4.79 Å². The van der Waals surface area contributed by atoms with E-state index in [1.165, 1.54) is 0 Å². The highest BCUT2D eigenvalue weighted by molar-refractivity contribution is 6.30. The summed E-state index contributed by atoms with van der Waals surface area (Å²) >= 11 is 6.04. The van der Waals surface area contributed by atoms with Crippen LogP contribution in [-0.4, -0.2) is 10.9 Å². The summed E-state index contributed by atoms with van der Waals surface area (Å²) < 4.78 is 0. The molecule has 0 radical (unpaired) electrons. The molecule has 0 spiro atoms. The van der Waals surface area contributed by atoms with Crippen LogP contribution in [0.3, 0.4) is 0 Å². The molecule has 0 aliphatic rings. The van der Waals surface area contributed by atoms with Crippen molar-refractivity contribution in [1.82, 2.24) is 4.98 Å². The first-order chi connectivity index (χ1) is 10.1. The van der Waals surface area contributed by atoms with Gasteiger partial charge in [0.15, 0.2) is 0 Å². The maximum Gasteiger partial charge on any atom is 0.231 e. The number of amides is 1. The second-order valence-electron chi connectivity index (χ2n) is 5.08. The molecule has 0 aliphatic carbocycles. The second-order valence-corrected chi connectivity index (χ2v) is 5.51. The molecule has 3 nitrogen and oxygen atoms in total. The van der Waals surface area contributed by atoms with E-state index >= 15 is 0 Å². The molecule has 0 saturated heterocycles. The highest BCUT2D eigenvalue weighted by atomic mass is 35.5. The zero-order valence-electron chi connectivity index (χ0n) is 12.3. The van der Waals surface area contributed by atoms with Gasteiger partial charge in [-0.2, -0.15) is 0 Å². The van der Waals surface area contributed by atoms with Gasteiger partial charge in [0.2, 0.25) is 5.91 Å². The van der Waals surface area contributed by atoms with Crippen molar-refractivity contribution < 1.29 is 4.79 Å². The Bertz CT molecular complexity index is 628. The Labute approximate surface area is 130 Å². The quantitative estimate of drug-likeness (QED) is 0.879. The Kier molecular flexibility index (Phi) is 5.34. The number of nitrogens with zero attached hydrogens (tertiary/aromatic N) is 1. The van der Waals surface area contributed by atoms with Gasteiger partial charge in [-0.05, 0) is 42.7 Å². The molecule has 1 aromatic carbocycles. The number of carbonyl (C=O) groups is 1. The van der Waals surface area contributed by atoms with Gasteiger partial charge in [0.05, 0.1) is 17.8 Å². The lowest BCUT2D eigenvalue weighted by Crippen LogP contribution is -2.21. The Morgan fingerprint density at radius 3 is 2.86 bits per heavy atom. The summed E-state index contributed by atoms with van der Waals surface area (Å²) in [5.41, 5.74) is 2.70. The first-order valence-corrected chi connectivity index (χ1v) is 7.46. The number of rotatable bonds is 5. The van der Waals surface area contributed by atoms with Gasteiger partial charge in [0.25, 0.3) is 0 Å². The third-order valence-electron chi connectivity index (χ3n) is 3.44. The van der Waals surface area contributed by atoms with Crippen LogP contribution in [0, 0.1) is 6.92 Å². The first kappa shape index (κ1) is 15.5. The van der Waals surface area contributed by atoms with Gasteiger partial charge in [-0.25, -0.2) is 0 Å². The smallest absolute Gasteiger partial charge is 0.231 e. The lowest BCUT2D eigenvalue weighted by atomic mass is 9.93. The van der Waals surface area contributed by atoms with Gasteiger partial charge in [0.1, 0.15) is 0 Å². The number of hydrogen-bond donors (Lipinski definition) is 1. The normalized spacial score (nSPS) is 12.0. The monoisotopic (exact) mass is 302 g/mol. The van der Waals surface area contributed by atoms with Crippen LogP contribution in [0.5, 0.6) is 0 Å². The van der Waals surface area contributed by atoms with Crippen LogP contribution < -0.4 is 5.32 Å². The van der Waals surface area contributed by atoms with Crippen molar-refractivity contribution in [3.63, 3.8) is 0 Å². The number of carbonyl (C=O) groups excluding carboxylic acids is 1. The van der Waals surface area contributed by atoms with Gasteiger partial charge < -0.3 is 5.32 Å². The molecule has 2 rings (SSSR count). The van der Waals surface area contributed by atoms with E-state index < -0.39 is 0 Å². The molecule has 1 N–H and O–H groups in total. The molecule has 0 fully saturated rings. The number of pyridine rings is 1. The lowest BCUT2D eigenvalue weighted by molar-refractivity contribution is -0.117. The van der Waals surface area contributed by atoms with Gasteiger partial charge >= 0.3 is 0 Å². The predicted molar refractivity (Wildman–Crippen MR) is 86.7 cm³/mol. The number of hydrogen-bond acceptors (Lipinski definition) is 2. The fourth-order valence-corrected chi connectivity index (χ4v) is 2.47. The third-order valence-corrected chi connectivity index (χ3v) is 3.68. The molecule has 0 aliphatic heterocycles. The van der Waals surface area contributed by atoms with Crippen LogP contribution >= 0.6 is 11.6 Å². The highest BCUT2D eigenvalue weighted by Gasteiger charge is 2.20. The summed E-state index contributed by atoms with van der Waals surface area (Å²) in [4.78, 5) is 16.6. The maximum atomic E-state index is 12.6. The summed E-state index contributed by atoms with van der Waals surface area (Å²) in [6, 6.07) is 9.38. The molecule has 1 aromatic heterocycles. The summed E-state index contributed by atoms with van der Waals surface area (Å²) in [6.45, 7) is 4.02. The minimum absolute atomic E-state index is 0.0183. The van der Waals surface area contributed by atoms with E-state index in [4.69, 9.17) is 11.6 Å². The van der Waals surface area contributed by atoms with Crippen LogP contribution in [0.1, 0.15) is 36.8 Å². The fourth-order valence-electron chi connectivity index (χ4n) is 2.28. The van der Waals surface area contributed by atoms with E-state index in [2.05, 4.69) is 17.2 Å². The standard InChI is InChI=1S/C17H19ClN2O/c1-3-5-15(13-6-4-7-14(18)10-13)17(21)20-16-11-19-9-8-12(16)2/h4,6-11,15H,3,5H2,1-2H3,(H,20,21)/t15-/m1/s1. The Morgan fingerprint density at radius 1 is 1.38 bits per heavy atom. The van der Waals surface area contributed by atoms with Crippen LogP contribution in [0.2, 0.25) is 5.02 Å². The minimum Gasteiger partial charge on any atom is -0.324 e. The van der Waals surface area contributed by atoms with Crippen molar-refractivity contribution >= 4 is 23.2 Å². The lowest BCUT2D eigenvalue weighted by Gasteiger charge is -2.17. The number of aryl methyl sites for hydroxylation is 1. The summed E-state index contributed by atoms with van der Waals surface area (Å²) in [5.74, 6) is -0.219. The zero-order chi connectivity index (χ0) is 15.2. The van der Waals surface area contributed by atoms with Crippen molar-refractivity contribution in [2.45, 2.75) is 32.6 Å². The largest absolute Gasteiger partial charge is 0.324 e. The van der Waals surface area contributed by atoms with Crippen LogP contribution in [-0.2, 0) is 4.79 Å². The van der Waals surface area contributed by atoms with E-state index in [1.54, 1.807) is 12.4 Å². The summed E-state index contributed by atoms with van der Waals surface area (Å²) in [6.07, 6.45) is 5.10. The number of anilines is 1. The number of halogens is 1. The SMILES string of the molecule is CCC[C@@H](C(=O)Nc1cnccc1C)c1cccc(Cl)c1. The molecule has 110 valence electrons. The topological polar surface area (TPSA) is 42.0 Å². The third kappa shape index (κ3) is 4.05. The van der Waals surface area contributed by atoms with Gasteiger partial charge in [-0.3, -0.25) is 9.78 Å². The molecular weight excluding hydrogens is 284 g/mol. The van der Waals surface area contributed by atoms with Crippen LogP contribution in [0.4, 0.5) is 5.69 Å². The van der Waals surface area contributed by atoms with Crippen LogP contribution in [0.15, 0.2) is 42.7 Å². The number of nitrogens with one attached hydrogen (secondary N) is 1. The number of aromatic nitrogens is 1. The second kappa shape index (κ2) is 7.23. The van der Waals surface area contributed by atoms with E-state index in [-0.39, 0.29) is 11.8 Å². The molecule has 1 heterocycles. The summed E-state index contributed by atoms with van der Waals surface area (Å²) in [5, 5.41) is 3.62. The van der Waals surface area contributed by atoms with Crippen molar-refractivity contribution in [3.8, 4) is 0 Å². The van der Waals surface area contributed by atoms with Crippen molar-refractivity contribution in [3.05, 3.63) is 58.9 Å². The average Bonchev–Trinajstić information content (AvgIpc) is 2.47. The minimum atomic E-state index is -0.201. The Morgan fingerprint density at radius 2 is 2.19 bits per heavy atom. The number of benzene rings is 1. The van der Waals surface area contributed by atoms with Crippen molar-refractivity contribution in [1.29, 1.82) is 0 Å². The molecule has 0 saturated carbocycles. The molecule has 0 bridgehead atoms. The zero-order valence-corrected chi connectivity index (χ0v) is 13.0. The Balaban J connectivity index is 2.22. The molecular formula is C17H19ClN2O. The molecule has 2 aromatic rings. The first-order valence-electron chi connectivity index (χ1n) is 7.08. The average molecular weight is 303 g/mol. The van der Waals surface area contributed by atoms with Crippen LogP contribution in [0.25, 0.3) is 0 Å². The molecule has 1 amide bonds. The summed E-state index contributed by atoms with van der Waals surface area (Å²) in [7, 11) is 0.